The zero-order valence-electron chi connectivity index (χ0n) is 9.79. The maximum Gasteiger partial charge on any atom is 0.338 e. The van der Waals surface area contributed by atoms with Crippen molar-refractivity contribution >= 4 is 33.2 Å². The molecule has 0 bridgehead atoms. The van der Waals surface area contributed by atoms with Crippen LogP contribution in [0.25, 0.3) is 10.2 Å². The van der Waals surface area contributed by atoms with Gasteiger partial charge in [0.25, 0.3) is 0 Å². The first-order valence-corrected chi connectivity index (χ1v) is 6.48. The Balaban J connectivity index is 1.72. The number of carboxylic acid groups (broad SMARTS) is 1. The molecule has 5 nitrogen and oxygen atoms in total. The Morgan fingerprint density at radius 3 is 3.11 bits per heavy atom. The molecule has 19 heavy (non-hydrogen) atoms. The average molecular weight is 274 g/mol. The molecule has 0 saturated carbocycles. The van der Waals surface area contributed by atoms with E-state index in [0.717, 1.165) is 15.9 Å². The predicted octanol–water partition coefficient (Wildman–Crippen LogP) is 3.20. The minimum Gasteiger partial charge on any atom is -0.478 e. The number of nitrogens with one attached hydrogen (secondary N) is 1. The lowest BCUT2D eigenvalue weighted by molar-refractivity contribution is 0.0696. The zero-order valence-corrected chi connectivity index (χ0v) is 10.6. The van der Waals surface area contributed by atoms with Gasteiger partial charge < -0.3 is 14.8 Å². The highest BCUT2D eigenvalue weighted by atomic mass is 32.1. The number of anilines is 1. The molecule has 3 aromatic rings. The number of fused-ring (bicyclic) bond motifs is 1. The second kappa shape index (κ2) is 4.74. The highest BCUT2D eigenvalue weighted by Crippen LogP contribution is 2.22. The summed E-state index contributed by atoms with van der Waals surface area (Å²) < 4.78 is 6.27. The van der Waals surface area contributed by atoms with E-state index in [-0.39, 0.29) is 5.56 Å². The minimum atomic E-state index is -0.985. The molecule has 0 amide bonds. The molecule has 0 aliphatic heterocycles. The van der Waals surface area contributed by atoms with Crippen molar-refractivity contribution in [3.05, 3.63) is 47.4 Å². The van der Waals surface area contributed by atoms with E-state index in [4.69, 9.17) is 9.52 Å². The number of carbonyl (C=O) groups is 1. The zero-order chi connectivity index (χ0) is 13.2. The van der Waals surface area contributed by atoms with Crippen LogP contribution in [0.3, 0.4) is 0 Å². The maximum absolute atomic E-state index is 10.7. The number of nitrogens with zero attached hydrogens (tertiary/aromatic N) is 1. The molecule has 2 N–H and O–H groups in total. The van der Waals surface area contributed by atoms with Gasteiger partial charge in [-0.1, -0.05) is 0 Å². The molecule has 0 spiro atoms. The molecule has 0 unspecified atom stereocenters. The Hall–Kier alpha value is -2.34. The minimum absolute atomic E-state index is 0.162. The van der Waals surface area contributed by atoms with Crippen LogP contribution < -0.4 is 5.32 Å². The number of carboxylic acids is 1. The van der Waals surface area contributed by atoms with Crippen molar-refractivity contribution in [1.29, 1.82) is 0 Å². The highest BCUT2D eigenvalue weighted by molar-refractivity contribution is 7.16. The van der Waals surface area contributed by atoms with Gasteiger partial charge in [0.15, 0.2) is 0 Å². The van der Waals surface area contributed by atoms with Crippen LogP contribution in [0.5, 0.6) is 0 Å². The Bertz CT molecular complexity index is 732. The molecule has 0 radical (unpaired) electrons. The van der Waals surface area contributed by atoms with E-state index in [1.807, 2.05) is 18.2 Å². The molecule has 3 rings (SSSR count). The molecular weight excluding hydrogens is 264 g/mol. The monoisotopic (exact) mass is 274 g/mol. The lowest BCUT2D eigenvalue weighted by Crippen LogP contribution is -1.98. The van der Waals surface area contributed by atoms with Crippen LogP contribution >= 0.6 is 11.3 Å². The van der Waals surface area contributed by atoms with Gasteiger partial charge in [-0.25, -0.2) is 9.78 Å². The summed E-state index contributed by atoms with van der Waals surface area (Å²) in [6.45, 7) is 0.442. The second-order valence-corrected chi connectivity index (χ2v) is 4.88. The van der Waals surface area contributed by atoms with Crippen LogP contribution in [0.4, 0.5) is 5.69 Å². The van der Waals surface area contributed by atoms with Crippen molar-refractivity contribution < 1.29 is 14.3 Å². The number of furan rings is 1. The summed E-state index contributed by atoms with van der Waals surface area (Å²) in [4.78, 5) is 14.9. The molecule has 0 fully saturated rings. The molecule has 6 heteroatoms. The van der Waals surface area contributed by atoms with E-state index in [2.05, 4.69) is 10.3 Å². The number of benzene rings is 1. The number of hydrogen-bond donors (Lipinski definition) is 2. The van der Waals surface area contributed by atoms with E-state index < -0.39 is 5.97 Å². The van der Waals surface area contributed by atoms with Crippen LogP contribution in [0.1, 0.15) is 16.1 Å². The van der Waals surface area contributed by atoms with Gasteiger partial charge in [0, 0.05) is 5.69 Å². The first-order chi connectivity index (χ1) is 9.22. The van der Waals surface area contributed by atoms with Crippen LogP contribution in [0.15, 0.2) is 40.5 Å². The highest BCUT2D eigenvalue weighted by Gasteiger charge is 2.08. The van der Waals surface area contributed by atoms with Crippen molar-refractivity contribution in [2.75, 3.05) is 5.32 Å². The molecule has 0 aliphatic rings. The first-order valence-electron chi connectivity index (χ1n) is 5.60. The molecule has 0 atom stereocenters. The lowest BCUT2D eigenvalue weighted by atomic mass is 10.3. The quantitative estimate of drug-likeness (QED) is 0.764. The topological polar surface area (TPSA) is 75.4 Å². The van der Waals surface area contributed by atoms with Gasteiger partial charge in [-0.05, 0) is 24.3 Å². The lowest BCUT2D eigenvalue weighted by Gasteiger charge is -2.03. The van der Waals surface area contributed by atoms with Crippen molar-refractivity contribution in [2.24, 2.45) is 0 Å². The number of thiazole rings is 1. The number of rotatable bonds is 4. The molecule has 0 saturated heterocycles. The molecule has 0 aliphatic carbocycles. The predicted molar refractivity (Wildman–Crippen MR) is 72.6 cm³/mol. The summed E-state index contributed by atoms with van der Waals surface area (Å²) in [7, 11) is 0. The van der Waals surface area contributed by atoms with Gasteiger partial charge in [0.2, 0.25) is 0 Å². The summed E-state index contributed by atoms with van der Waals surface area (Å²) in [5.74, 6) is -0.400. The van der Waals surface area contributed by atoms with Gasteiger partial charge in [0.05, 0.1) is 27.8 Å². The Morgan fingerprint density at radius 1 is 1.42 bits per heavy atom. The van der Waals surface area contributed by atoms with Crippen LogP contribution in [0, 0.1) is 0 Å². The van der Waals surface area contributed by atoms with Crippen molar-refractivity contribution in [1.82, 2.24) is 4.98 Å². The fourth-order valence-corrected chi connectivity index (χ4v) is 2.46. The summed E-state index contributed by atoms with van der Waals surface area (Å²) in [6.07, 6.45) is 1.24. The second-order valence-electron chi connectivity index (χ2n) is 4.00. The van der Waals surface area contributed by atoms with Gasteiger partial charge in [-0.3, -0.25) is 0 Å². The third-order valence-corrected chi connectivity index (χ3v) is 3.49. The average Bonchev–Trinajstić information content (AvgIpc) is 3.04. The smallest absolute Gasteiger partial charge is 0.338 e. The van der Waals surface area contributed by atoms with Gasteiger partial charge in [-0.2, -0.15) is 0 Å². The normalized spacial score (nSPS) is 10.7. The van der Waals surface area contributed by atoms with E-state index in [1.165, 1.54) is 12.3 Å². The van der Waals surface area contributed by atoms with Crippen molar-refractivity contribution in [3.63, 3.8) is 0 Å². The van der Waals surface area contributed by atoms with E-state index in [9.17, 15) is 4.79 Å². The fourth-order valence-electron chi connectivity index (χ4n) is 1.74. The first kappa shape index (κ1) is 11.7. The number of aromatic nitrogens is 1. The van der Waals surface area contributed by atoms with Crippen molar-refractivity contribution in [2.45, 2.75) is 6.54 Å². The van der Waals surface area contributed by atoms with Gasteiger partial charge in [-0.15, -0.1) is 11.3 Å². The summed E-state index contributed by atoms with van der Waals surface area (Å²) in [6, 6.07) is 7.40. The van der Waals surface area contributed by atoms with Crippen molar-refractivity contribution in [3.8, 4) is 0 Å². The summed E-state index contributed by atoms with van der Waals surface area (Å²) in [5, 5.41) is 12.0. The summed E-state index contributed by atoms with van der Waals surface area (Å²) >= 11 is 1.58. The van der Waals surface area contributed by atoms with Crippen LogP contribution in [-0.4, -0.2) is 16.1 Å². The molecule has 2 aromatic heterocycles. The molecule has 1 aromatic carbocycles. The third-order valence-electron chi connectivity index (χ3n) is 2.70. The van der Waals surface area contributed by atoms with Gasteiger partial charge >= 0.3 is 5.97 Å². The number of hydrogen-bond acceptors (Lipinski definition) is 5. The Labute approximate surface area is 112 Å². The SMILES string of the molecule is O=C(O)c1coc(CNc2ccc3ncsc3c2)c1. The molecular formula is C13H10N2O3S. The largest absolute Gasteiger partial charge is 0.478 e. The standard InChI is InChI=1S/C13H10N2O3S/c16-13(17)8-3-10(18-6-8)5-14-9-1-2-11-12(4-9)19-7-15-11/h1-4,6-7,14H,5H2,(H,16,17). The molecule has 96 valence electrons. The van der Waals surface area contributed by atoms with Crippen LogP contribution in [0.2, 0.25) is 0 Å². The maximum atomic E-state index is 10.7. The molecule has 2 heterocycles. The Kier molecular flexibility index (Phi) is 2.92. The Morgan fingerprint density at radius 2 is 2.32 bits per heavy atom. The third kappa shape index (κ3) is 2.43. The fraction of sp³-hybridized carbons (Fsp3) is 0.0769. The van der Waals surface area contributed by atoms with Gasteiger partial charge in [0.1, 0.15) is 12.0 Å². The van der Waals surface area contributed by atoms with E-state index >= 15 is 0 Å². The van der Waals surface area contributed by atoms with E-state index in [0.29, 0.717) is 12.3 Å². The summed E-state index contributed by atoms with van der Waals surface area (Å²) in [5.41, 5.74) is 3.89. The van der Waals surface area contributed by atoms with E-state index in [1.54, 1.807) is 16.8 Å². The van der Waals surface area contributed by atoms with Crippen LogP contribution in [-0.2, 0) is 6.54 Å². The number of aromatic carboxylic acids is 1.